The molecule has 5 nitrogen and oxygen atoms in total. The van der Waals surface area contributed by atoms with E-state index in [0.29, 0.717) is 0 Å². The van der Waals surface area contributed by atoms with E-state index in [2.05, 4.69) is 21.5 Å². The molecule has 3 N–H and O–H groups in total. The number of benzene rings is 1. The summed E-state index contributed by atoms with van der Waals surface area (Å²) in [6, 6.07) is 6.03. The van der Waals surface area contributed by atoms with Crippen molar-refractivity contribution in [3.05, 3.63) is 29.3 Å². The molecule has 1 saturated heterocycles. The average molecular weight is 306 g/mol. The predicted octanol–water partition coefficient (Wildman–Crippen LogP) is 1.85. The second-order valence-corrected chi connectivity index (χ2v) is 5.58. The van der Waals surface area contributed by atoms with Crippen LogP contribution in [0.2, 0.25) is 0 Å². The van der Waals surface area contributed by atoms with Crippen LogP contribution in [0.15, 0.2) is 23.3 Å². The first kappa shape index (κ1) is 15.7. The van der Waals surface area contributed by atoms with E-state index in [4.69, 9.17) is 22.7 Å². The molecule has 1 aliphatic heterocycles. The van der Waals surface area contributed by atoms with E-state index in [0.717, 1.165) is 30.9 Å². The van der Waals surface area contributed by atoms with Crippen LogP contribution in [0, 0.1) is 0 Å². The Morgan fingerprint density at radius 1 is 1.43 bits per heavy atom. The number of hydrazone groups is 1. The zero-order valence-corrected chi connectivity index (χ0v) is 13.2. The first-order valence-corrected chi connectivity index (χ1v) is 7.57. The predicted molar refractivity (Wildman–Crippen MR) is 89.6 cm³/mol. The van der Waals surface area contributed by atoms with Crippen LogP contribution in [0.1, 0.15) is 30.4 Å². The molecule has 0 amide bonds. The second-order valence-electron chi connectivity index (χ2n) is 5.14. The number of nitrogens with zero attached hydrogens (tertiary/aromatic N) is 2. The summed E-state index contributed by atoms with van der Waals surface area (Å²) >= 11 is 4.71. The van der Waals surface area contributed by atoms with Crippen molar-refractivity contribution in [3.8, 4) is 5.75 Å². The summed E-state index contributed by atoms with van der Waals surface area (Å²) in [6.45, 7) is 3.22. The van der Waals surface area contributed by atoms with Gasteiger partial charge in [-0.15, -0.1) is 0 Å². The highest BCUT2D eigenvalue weighted by atomic mass is 32.1. The van der Waals surface area contributed by atoms with Gasteiger partial charge in [0.1, 0.15) is 5.75 Å². The zero-order chi connectivity index (χ0) is 15.1. The minimum atomic E-state index is 0.160. The van der Waals surface area contributed by atoms with Crippen molar-refractivity contribution in [2.75, 3.05) is 20.2 Å². The van der Waals surface area contributed by atoms with Crippen molar-refractivity contribution < 1.29 is 4.74 Å². The van der Waals surface area contributed by atoms with Gasteiger partial charge in [-0.3, -0.25) is 10.3 Å². The minimum absolute atomic E-state index is 0.160. The second kappa shape index (κ2) is 7.95. The van der Waals surface area contributed by atoms with Gasteiger partial charge in [0.2, 0.25) is 0 Å². The van der Waals surface area contributed by atoms with E-state index in [-0.39, 0.29) is 5.11 Å². The molecule has 0 atom stereocenters. The topological polar surface area (TPSA) is 62.9 Å². The first-order valence-electron chi connectivity index (χ1n) is 7.17. The fourth-order valence-corrected chi connectivity index (χ4v) is 2.58. The Bertz CT molecular complexity index is 512. The summed E-state index contributed by atoms with van der Waals surface area (Å²) in [6.07, 6.45) is 5.60. The Kier molecular flexibility index (Phi) is 5.95. The lowest BCUT2D eigenvalue weighted by Gasteiger charge is -2.27. The van der Waals surface area contributed by atoms with Crippen molar-refractivity contribution in [3.63, 3.8) is 0 Å². The average Bonchev–Trinajstić information content (AvgIpc) is 2.48. The van der Waals surface area contributed by atoms with Gasteiger partial charge in [-0.1, -0.05) is 6.42 Å². The van der Waals surface area contributed by atoms with Crippen LogP contribution >= 0.6 is 12.2 Å². The molecule has 0 unspecified atom stereocenters. The van der Waals surface area contributed by atoms with Crippen LogP contribution in [-0.2, 0) is 6.54 Å². The number of piperidine rings is 1. The maximum atomic E-state index is 5.46. The normalized spacial score (nSPS) is 16.0. The van der Waals surface area contributed by atoms with Gasteiger partial charge in [0.25, 0.3) is 0 Å². The van der Waals surface area contributed by atoms with Gasteiger partial charge in [0.15, 0.2) is 5.11 Å². The van der Waals surface area contributed by atoms with Gasteiger partial charge in [-0.25, -0.2) is 0 Å². The third-order valence-corrected chi connectivity index (χ3v) is 3.63. The van der Waals surface area contributed by atoms with Crippen LogP contribution in [0.4, 0.5) is 0 Å². The summed E-state index contributed by atoms with van der Waals surface area (Å²) in [7, 11) is 1.71. The fraction of sp³-hybridized carbons (Fsp3) is 0.467. The van der Waals surface area contributed by atoms with E-state index in [1.54, 1.807) is 13.3 Å². The molecule has 1 heterocycles. The Balaban J connectivity index is 2.09. The lowest BCUT2D eigenvalue weighted by atomic mass is 10.1. The Hall–Kier alpha value is -1.66. The van der Waals surface area contributed by atoms with Crippen LogP contribution < -0.4 is 15.9 Å². The number of hydrogen-bond acceptors (Lipinski definition) is 4. The summed E-state index contributed by atoms with van der Waals surface area (Å²) in [5.41, 5.74) is 10.1. The molecule has 2 rings (SSSR count). The summed E-state index contributed by atoms with van der Waals surface area (Å²) < 4.78 is 5.46. The molecule has 0 aliphatic carbocycles. The Morgan fingerprint density at radius 3 is 2.86 bits per heavy atom. The van der Waals surface area contributed by atoms with Crippen LogP contribution in [0.3, 0.4) is 0 Å². The van der Waals surface area contributed by atoms with Gasteiger partial charge in [0.05, 0.1) is 13.3 Å². The smallest absolute Gasteiger partial charge is 0.184 e. The molecule has 0 aromatic heterocycles. The number of nitrogens with one attached hydrogen (secondary N) is 1. The Labute approximate surface area is 131 Å². The zero-order valence-electron chi connectivity index (χ0n) is 12.3. The molecule has 6 heteroatoms. The number of thiocarbonyl (C=S) groups is 1. The van der Waals surface area contributed by atoms with Crippen molar-refractivity contribution in [2.45, 2.75) is 25.8 Å². The van der Waals surface area contributed by atoms with E-state index in [1.165, 1.54) is 24.8 Å². The molecule has 21 heavy (non-hydrogen) atoms. The molecular formula is C15H22N4OS. The fourth-order valence-electron chi connectivity index (χ4n) is 2.53. The van der Waals surface area contributed by atoms with Gasteiger partial charge in [-0.2, -0.15) is 5.10 Å². The van der Waals surface area contributed by atoms with Gasteiger partial charge in [0, 0.05) is 12.1 Å². The first-order chi connectivity index (χ1) is 10.2. The van der Waals surface area contributed by atoms with E-state index in [9.17, 15) is 0 Å². The molecule has 114 valence electrons. The van der Waals surface area contributed by atoms with Crippen molar-refractivity contribution >= 4 is 23.5 Å². The van der Waals surface area contributed by atoms with Crippen molar-refractivity contribution in [1.82, 2.24) is 10.3 Å². The number of hydrogen-bond donors (Lipinski definition) is 2. The highest BCUT2D eigenvalue weighted by Crippen LogP contribution is 2.22. The quantitative estimate of drug-likeness (QED) is 0.494. The Morgan fingerprint density at radius 2 is 2.19 bits per heavy atom. The molecule has 1 aliphatic rings. The van der Waals surface area contributed by atoms with Gasteiger partial charge in [-0.05, 0) is 61.9 Å². The van der Waals surface area contributed by atoms with Gasteiger partial charge < -0.3 is 10.5 Å². The van der Waals surface area contributed by atoms with E-state index < -0.39 is 0 Å². The van der Waals surface area contributed by atoms with E-state index >= 15 is 0 Å². The highest BCUT2D eigenvalue weighted by molar-refractivity contribution is 7.80. The number of nitrogens with two attached hydrogens (primary N) is 1. The number of ether oxygens (including phenoxy) is 1. The van der Waals surface area contributed by atoms with E-state index in [1.807, 2.05) is 12.1 Å². The summed E-state index contributed by atoms with van der Waals surface area (Å²) in [4.78, 5) is 2.47. The van der Waals surface area contributed by atoms with Gasteiger partial charge >= 0.3 is 0 Å². The third kappa shape index (κ3) is 4.99. The molecule has 1 fully saturated rings. The largest absolute Gasteiger partial charge is 0.496 e. The number of likely N-dealkylation sites (tertiary alicyclic amines) is 1. The molecule has 0 radical (unpaired) electrons. The number of rotatable bonds is 5. The molecule has 0 saturated carbocycles. The lowest BCUT2D eigenvalue weighted by Crippen LogP contribution is -2.29. The van der Waals surface area contributed by atoms with Crippen LogP contribution in [0.5, 0.6) is 5.75 Å². The SMILES string of the molecule is COc1ccc(C=NNC(N)=S)cc1CN1CCCCC1. The summed E-state index contributed by atoms with van der Waals surface area (Å²) in [5, 5.41) is 4.15. The standard InChI is InChI=1S/C15H22N4OS/c1-20-14-6-5-12(10-17-18-15(16)21)9-13(14)11-19-7-3-2-4-8-19/h5-6,9-10H,2-4,7-8,11H2,1H3,(H3,16,18,21). The third-order valence-electron chi connectivity index (χ3n) is 3.54. The maximum Gasteiger partial charge on any atom is 0.184 e. The lowest BCUT2D eigenvalue weighted by molar-refractivity contribution is 0.218. The molecule has 0 bridgehead atoms. The molecular weight excluding hydrogens is 284 g/mol. The van der Waals surface area contributed by atoms with Crippen molar-refractivity contribution in [1.29, 1.82) is 0 Å². The van der Waals surface area contributed by atoms with Crippen LogP contribution in [-0.4, -0.2) is 36.4 Å². The highest BCUT2D eigenvalue weighted by Gasteiger charge is 2.13. The number of methoxy groups -OCH3 is 1. The monoisotopic (exact) mass is 306 g/mol. The van der Waals surface area contributed by atoms with Crippen LogP contribution in [0.25, 0.3) is 0 Å². The maximum absolute atomic E-state index is 5.46. The minimum Gasteiger partial charge on any atom is -0.496 e. The molecule has 1 aromatic rings. The summed E-state index contributed by atoms with van der Waals surface area (Å²) in [5.74, 6) is 0.917. The molecule has 1 aromatic carbocycles. The van der Waals surface area contributed by atoms with Crippen molar-refractivity contribution in [2.24, 2.45) is 10.8 Å². The molecule has 0 spiro atoms.